The molecular formula is C20H17ClN4O. The Hall–Kier alpha value is -2.84. The fraction of sp³-hybridized carbons (Fsp3) is 0.250. The summed E-state index contributed by atoms with van der Waals surface area (Å²) in [6.45, 7) is 0. The second-order valence-electron chi connectivity index (χ2n) is 6.31. The molecule has 0 N–H and O–H groups in total. The van der Waals surface area contributed by atoms with Crippen molar-refractivity contribution in [2.75, 3.05) is 7.11 Å². The Morgan fingerprint density at radius 1 is 1.38 bits per heavy atom. The van der Waals surface area contributed by atoms with Gasteiger partial charge in [0.05, 0.1) is 41.5 Å². The standard InChI is InChI=1S/C20H17ClN4O/c1-26-18-7-6-15(10-17(18)21)16-12-24-25-9-8-23-19(20(16)25)14-4-2-13(11-22)3-5-14/h4,6-10,12-13H,2-3,5H2,1H3. The number of allylic oxidation sites excluding steroid dienone is 2. The molecule has 2 heterocycles. The van der Waals surface area contributed by atoms with Crippen molar-refractivity contribution in [3.8, 4) is 22.9 Å². The third-order valence-electron chi connectivity index (χ3n) is 4.79. The monoisotopic (exact) mass is 364 g/mol. The molecule has 0 saturated carbocycles. The van der Waals surface area contributed by atoms with Crippen molar-refractivity contribution in [3.05, 3.63) is 53.6 Å². The average Bonchev–Trinajstić information content (AvgIpc) is 3.12. The minimum atomic E-state index is 0.100. The second-order valence-corrected chi connectivity index (χ2v) is 6.71. The van der Waals surface area contributed by atoms with Crippen molar-refractivity contribution in [1.29, 1.82) is 5.26 Å². The molecule has 0 fully saturated rings. The van der Waals surface area contributed by atoms with E-state index < -0.39 is 0 Å². The van der Waals surface area contributed by atoms with E-state index in [4.69, 9.17) is 21.6 Å². The van der Waals surface area contributed by atoms with Crippen LogP contribution in [0.3, 0.4) is 0 Å². The summed E-state index contributed by atoms with van der Waals surface area (Å²) in [4.78, 5) is 4.63. The topological polar surface area (TPSA) is 63.2 Å². The number of ether oxygens (including phenoxy) is 1. The van der Waals surface area contributed by atoms with Crippen LogP contribution in [0.1, 0.15) is 25.0 Å². The van der Waals surface area contributed by atoms with Crippen LogP contribution in [0.4, 0.5) is 0 Å². The first kappa shape index (κ1) is 16.6. The summed E-state index contributed by atoms with van der Waals surface area (Å²) in [5.41, 5.74) is 4.98. The van der Waals surface area contributed by atoms with E-state index in [9.17, 15) is 0 Å². The minimum Gasteiger partial charge on any atom is -0.495 e. The predicted octanol–water partition coefficient (Wildman–Crippen LogP) is 4.77. The molecule has 0 radical (unpaired) electrons. The third-order valence-corrected chi connectivity index (χ3v) is 5.09. The van der Waals surface area contributed by atoms with Crippen LogP contribution in [0.2, 0.25) is 5.02 Å². The number of nitrogens with zero attached hydrogens (tertiary/aromatic N) is 4. The van der Waals surface area contributed by atoms with E-state index in [1.165, 1.54) is 5.57 Å². The Morgan fingerprint density at radius 3 is 2.96 bits per heavy atom. The minimum absolute atomic E-state index is 0.100. The van der Waals surface area contributed by atoms with Crippen LogP contribution < -0.4 is 4.74 Å². The van der Waals surface area contributed by atoms with Crippen LogP contribution >= 0.6 is 11.6 Å². The summed E-state index contributed by atoms with van der Waals surface area (Å²) in [5, 5.41) is 14.2. The zero-order valence-electron chi connectivity index (χ0n) is 14.3. The largest absolute Gasteiger partial charge is 0.495 e. The summed E-state index contributed by atoms with van der Waals surface area (Å²) in [6.07, 6.45) is 10.1. The number of benzene rings is 1. The van der Waals surface area contributed by atoms with E-state index in [0.717, 1.165) is 41.6 Å². The number of aromatic nitrogens is 3. The lowest BCUT2D eigenvalue weighted by molar-refractivity contribution is 0.415. The van der Waals surface area contributed by atoms with Gasteiger partial charge in [-0.15, -0.1) is 0 Å². The molecule has 0 saturated heterocycles. The average molecular weight is 365 g/mol. The SMILES string of the molecule is COc1ccc(-c2cnn3ccnc(C4=CCC(C#N)CC4)c23)cc1Cl. The number of nitriles is 1. The van der Waals surface area contributed by atoms with Crippen molar-refractivity contribution in [2.45, 2.75) is 19.3 Å². The highest BCUT2D eigenvalue weighted by molar-refractivity contribution is 6.32. The van der Waals surface area contributed by atoms with Gasteiger partial charge < -0.3 is 4.74 Å². The number of rotatable bonds is 3. The highest BCUT2D eigenvalue weighted by Crippen LogP contribution is 2.36. The maximum Gasteiger partial charge on any atom is 0.137 e. The Labute approximate surface area is 156 Å². The molecule has 2 aromatic heterocycles. The highest BCUT2D eigenvalue weighted by Gasteiger charge is 2.20. The van der Waals surface area contributed by atoms with E-state index in [1.807, 2.05) is 35.1 Å². The van der Waals surface area contributed by atoms with Crippen molar-refractivity contribution >= 4 is 22.7 Å². The van der Waals surface area contributed by atoms with Gasteiger partial charge in [-0.2, -0.15) is 10.4 Å². The fourth-order valence-corrected chi connectivity index (χ4v) is 3.65. The predicted molar refractivity (Wildman–Crippen MR) is 101 cm³/mol. The highest BCUT2D eigenvalue weighted by atomic mass is 35.5. The molecule has 26 heavy (non-hydrogen) atoms. The van der Waals surface area contributed by atoms with Gasteiger partial charge in [0.25, 0.3) is 0 Å². The molecule has 0 spiro atoms. The van der Waals surface area contributed by atoms with Gasteiger partial charge in [0.1, 0.15) is 5.75 Å². The Morgan fingerprint density at radius 2 is 2.27 bits per heavy atom. The molecule has 6 heteroatoms. The van der Waals surface area contributed by atoms with Crippen LogP contribution in [0, 0.1) is 17.2 Å². The molecule has 1 aromatic carbocycles. The molecular weight excluding hydrogens is 348 g/mol. The zero-order chi connectivity index (χ0) is 18.1. The first-order valence-corrected chi connectivity index (χ1v) is 8.84. The molecule has 1 unspecified atom stereocenters. The first-order valence-electron chi connectivity index (χ1n) is 8.46. The zero-order valence-corrected chi connectivity index (χ0v) is 15.1. The van der Waals surface area contributed by atoms with E-state index in [0.29, 0.717) is 10.8 Å². The number of methoxy groups -OCH3 is 1. The summed E-state index contributed by atoms with van der Waals surface area (Å²) in [7, 11) is 1.60. The molecule has 0 aliphatic heterocycles. The van der Waals surface area contributed by atoms with Gasteiger partial charge in [-0.05, 0) is 42.5 Å². The summed E-state index contributed by atoms with van der Waals surface area (Å²) < 4.78 is 7.08. The van der Waals surface area contributed by atoms with Crippen LogP contribution in [0.15, 0.2) is 42.9 Å². The molecule has 1 atom stereocenters. The van der Waals surface area contributed by atoms with Crippen LogP contribution in [0.5, 0.6) is 5.75 Å². The first-order chi connectivity index (χ1) is 12.7. The Bertz CT molecular complexity index is 1050. The second kappa shape index (κ2) is 6.81. The van der Waals surface area contributed by atoms with Crippen molar-refractivity contribution in [2.24, 2.45) is 5.92 Å². The molecule has 0 bridgehead atoms. The van der Waals surface area contributed by atoms with E-state index >= 15 is 0 Å². The molecule has 4 rings (SSSR count). The van der Waals surface area contributed by atoms with Crippen molar-refractivity contribution < 1.29 is 4.74 Å². The fourth-order valence-electron chi connectivity index (χ4n) is 3.39. The lowest BCUT2D eigenvalue weighted by Crippen LogP contribution is -2.05. The Kier molecular flexibility index (Phi) is 4.36. The smallest absolute Gasteiger partial charge is 0.137 e. The number of hydrogen-bond donors (Lipinski definition) is 0. The summed E-state index contributed by atoms with van der Waals surface area (Å²) >= 11 is 6.31. The van der Waals surface area contributed by atoms with Gasteiger partial charge >= 0.3 is 0 Å². The number of fused-ring (bicyclic) bond motifs is 1. The molecule has 1 aliphatic rings. The van der Waals surface area contributed by atoms with Gasteiger partial charge in [0, 0.05) is 18.0 Å². The van der Waals surface area contributed by atoms with Crippen LogP contribution in [-0.2, 0) is 0 Å². The molecule has 130 valence electrons. The van der Waals surface area contributed by atoms with E-state index in [1.54, 1.807) is 13.3 Å². The molecule has 3 aromatic rings. The Balaban J connectivity index is 1.84. The van der Waals surface area contributed by atoms with Gasteiger partial charge in [0.2, 0.25) is 0 Å². The lowest BCUT2D eigenvalue weighted by atomic mass is 9.88. The molecule has 1 aliphatic carbocycles. The third kappa shape index (κ3) is 2.83. The summed E-state index contributed by atoms with van der Waals surface area (Å²) in [6, 6.07) is 8.06. The molecule has 0 amide bonds. The van der Waals surface area contributed by atoms with E-state index in [2.05, 4.69) is 22.2 Å². The number of hydrogen-bond acceptors (Lipinski definition) is 4. The van der Waals surface area contributed by atoms with Crippen LogP contribution in [-0.4, -0.2) is 21.7 Å². The normalized spacial score (nSPS) is 17.0. The van der Waals surface area contributed by atoms with Gasteiger partial charge in [0.15, 0.2) is 0 Å². The maximum absolute atomic E-state index is 9.12. The number of halogens is 1. The van der Waals surface area contributed by atoms with Crippen LogP contribution in [0.25, 0.3) is 22.2 Å². The molecule has 5 nitrogen and oxygen atoms in total. The quantitative estimate of drug-likeness (QED) is 0.671. The van der Waals surface area contributed by atoms with Gasteiger partial charge in [-0.3, -0.25) is 4.98 Å². The van der Waals surface area contributed by atoms with E-state index in [-0.39, 0.29) is 5.92 Å². The van der Waals surface area contributed by atoms with Gasteiger partial charge in [-0.1, -0.05) is 23.7 Å². The van der Waals surface area contributed by atoms with Crippen molar-refractivity contribution in [1.82, 2.24) is 14.6 Å². The van der Waals surface area contributed by atoms with Crippen molar-refractivity contribution in [3.63, 3.8) is 0 Å². The van der Waals surface area contributed by atoms with Gasteiger partial charge in [-0.25, -0.2) is 4.52 Å². The maximum atomic E-state index is 9.12. The lowest BCUT2D eigenvalue weighted by Gasteiger charge is -2.17. The summed E-state index contributed by atoms with van der Waals surface area (Å²) in [5.74, 6) is 0.742.